The standard InChI is InChI=1S/C25H38N2O9/c1-13-17(20(30)34-23(3,4)5)15(12-16(19(28)29)26-22(32)36-25(9,10)11)18(14(2)27(13)33)21(31)35-24(6,7)8/h16H,12H2,1-11H3,(H,26,32)(H,28,29)/t16-/m0/s1. The summed E-state index contributed by atoms with van der Waals surface area (Å²) < 4.78 is 16.5. The largest absolute Gasteiger partial charge is 0.618 e. The molecule has 0 saturated carbocycles. The number of pyridine rings is 1. The molecule has 0 fully saturated rings. The van der Waals surface area contributed by atoms with E-state index in [0.717, 1.165) is 0 Å². The van der Waals surface area contributed by atoms with Crippen LogP contribution in [0.3, 0.4) is 0 Å². The van der Waals surface area contributed by atoms with Gasteiger partial charge in [-0.25, -0.2) is 19.2 Å². The number of alkyl carbamates (subject to hydrolysis) is 1. The van der Waals surface area contributed by atoms with E-state index < -0.39 is 53.3 Å². The van der Waals surface area contributed by atoms with Gasteiger partial charge in [-0.05, 0) is 67.9 Å². The molecule has 0 spiro atoms. The Balaban J connectivity index is 3.83. The van der Waals surface area contributed by atoms with E-state index in [0.29, 0.717) is 4.73 Å². The van der Waals surface area contributed by atoms with E-state index in [-0.39, 0.29) is 28.1 Å². The van der Waals surface area contributed by atoms with Crippen LogP contribution >= 0.6 is 0 Å². The number of amides is 1. The highest BCUT2D eigenvalue weighted by atomic mass is 16.6. The normalized spacial score (nSPS) is 13.0. The molecule has 1 heterocycles. The van der Waals surface area contributed by atoms with Gasteiger partial charge in [0.1, 0.15) is 34.0 Å². The molecule has 2 N–H and O–H groups in total. The average molecular weight is 511 g/mol. The lowest BCUT2D eigenvalue weighted by Gasteiger charge is -2.26. The van der Waals surface area contributed by atoms with Gasteiger partial charge in [0.25, 0.3) is 0 Å². The predicted octanol–water partition coefficient (Wildman–Crippen LogP) is 3.37. The van der Waals surface area contributed by atoms with E-state index in [1.54, 1.807) is 62.3 Å². The fourth-order valence-corrected chi connectivity index (χ4v) is 3.27. The van der Waals surface area contributed by atoms with E-state index in [2.05, 4.69) is 5.32 Å². The molecule has 11 nitrogen and oxygen atoms in total. The smallest absolute Gasteiger partial charge is 0.408 e. The number of carboxylic acids is 1. The first kappa shape index (κ1) is 30.7. The molecule has 0 aliphatic carbocycles. The Bertz CT molecular complexity index is 987. The Morgan fingerprint density at radius 1 is 0.806 bits per heavy atom. The van der Waals surface area contributed by atoms with E-state index in [4.69, 9.17) is 14.2 Å². The van der Waals surface area contributed by atoms with Crippen molar-refractivity contribution in [1.29, 1.82) is 0 Å². The van der Waals surface area contributed by atoms with Crippen molar-refractivity contribution in [3.8, 4) is 0 Å². The van der Waals surface area contributed by atoms with Gasteiger partial charge in [0.2, 0.25) is 11.4 Å². The zero-order valence-corrected chi connectivity index (χ0v) is 22.9. The first-order valence-electron chi connectivity index (χ1n) is 11.5. The third-order valence-electron chi connectivity index (χ3n) is 4.54. The lowest BCUT2D eigenvalue weighted by atomic mass is 9.92. The van der Waals surface area contributed by atoms with E-state index in [9.17, 15) is 29.5 Å². The van der Waals surface area contributed by atoms with Crippen LogP contribution in [0.15, 0.2) is 0 Å². The number of aliphatic carboxylic acids is 1. The maximum absolute atomic E-state index is 13.2. The second kappa shape index (κ2) is 10.7. The van der Waals surface area contributed by atoms with Crippen LogP contribution in [0.2, 0.25) is 0 Å². The molecule has 1 atom stereocenters. The van der Waals surface area contributed by atoms with Gasteiger partial charge in [-0.15, -0.1) is 0 Å². The van der Waals surface area contributed by atoms with E-state index in [1.165, 1.54) is 13.8 Å². The minimum absolute atomic E-state index is 0.0922. The SMILES string of the molecule is Cc1c(C(=O)OC(C)(C)C)c(C[C@H](NC(=O)OC(C)(C)C)C(=O)O)c(C(=O)OC(C)(C)C)c(C)[n+]1[O-]. The first-order chi connectivity index (χ1) is 16.0. The second-order valence-electron chi connectivity index (χ2n) is 11.4. The number of carbonyl (C=O) groups excluding carboxylic acids is 3. The summed E-state index contributed by atoms with van der Waals surface area (Å²) in [4.78, 5) is 50.8. The number of rotatable bonds is 6. The number of ether oxygens (including phenoxy) is 3. The van der Waals surface area contributed by atoms with Crippen molar-refractivity contribution in [3.05, 3.63) is 33.3 Å². The zero-order valence-electron chi connectivity index (χ0n) is 22.9. The van der Waals surface area contributed by atoms with Crippen LogP contribution < -0.4 is 10.0 Å². The minimum Gasteiger partial charge on any atom is -0.618 e. The zero-order chi connectivity index (χ0) is 28.4. The number of carboxylic acid groups (broad SMARTS) is 1. The summed E-state index contributed by atoms with van der Waals surface area (Å²) in [6, 6.07) is -1.61. The van der Waals surface area contributed by atoms with Crippen molar-refractivity contribution < 1.29 is 43.2 Å². The van der Waals surface area contributed by atoms with Crippen LogP contribution in [-0.4, -0.2) is 52.0 Å². The minimum atomic E-state index is -1.61. The first-order valence-corrected chi connectivity index (χ1v) is 11.5. The van der Waals surface area contributed by atoms with Crippen molar-refractivity contribution >= 4 is 24.0 Å². The molecule has 11 heteroatoms. The number of hydrogen-bond donors (Lipinski definition) is 2. The molecule has 1 rings (SSSR count). The van der Waals surface area contributed by atoms with E-state index in [1.807, 2.05) is 0 Å². The van der Waals surface area contributed by atoms with E-state index >= 15 is 0 Å². The number of hydrogen-bond acceptors (Lipinski definition) is 8. The summed E-state index contributed by atoms with van der Waals surface area (Å²) in [6.45, 7) is 17.3. The lowest BCUT2D eigenvalue weighted by molar-refractivity contribution is -0.619. The Morgan fingerprint density at radius 3 is 1.47 bits per heavy atom. The molecule has 202 valence electrons. The van der Waals surface area contributed by atoms with Crippen molar-refractivity contribution in [2.45, 2.75) is 105 Å². The van der Waals surface area contributed by atoms with Gasteiger partial charge in [0.15, 0.2) is 0 Å². The summed E-state index contributed by atoms with van der Waals surface area (Å²) in [5.41, 5.74) is -3.63. The maximum Gasteiger partial charge on any atom is 0.408 e. The highest BCUT2D eigenvalue weighted by molar-refractivity contribution is 5.99. The molecule has 1 aromatic heterocycles. The fraction of sp³-hybridized carbons (Fsp3) is 0.640. The molecular weight excluding hydrogens is 472 g/mol. The average Bonchev–Trinajstić information content (AvgIpc) is 2.61. The van der Waals surface area contributed by atoms with Gasteiger partial charge in [0.05, 0.1) is 0 Å². The summed E-state index contributed by atoms with van der Waals surface area (Å²) in [5.74, 6) is -3.29. The number of carbonyl (C=O) groups is 4. The van der Waals surface area contributed by atoms with Gasteiger partial charge in [-0.1, -0.05) is 0 Å². The summed E-state index contributed by atoms with van der Waals surface area (Å²) >= 11 is 0. The monoisotopic (exact) mass is 510 g/mol. The third kappa shape index (κ3) is 8.69. The van der Waals surface area contributed by atoms with Crippen LogP contribution in [0.1, 0.15) is 100.0 Å². The Kier molecular flexibility index (Phi) is 9.12. The lowest BCUT2D eigenvalue weighted by Crippen LogP contribution is -2.46. The van der Waals surface area contributed by atoms with Gasteiger partial charge < -0.3 is 29.8 Å². The Hall–Kier alpha value is -3.37. The fourth-order valence-electron chi connectivity index (χ4n) is 3.27. The summed E-state index contributed by atoms with van der Waals surface area (Å²) in [5, 5.41) is 25.0. The molecule has 0 radical (unpaired) electrons. The third-order valence-corrected chi connectivity index (χ3v) is 4.54. The molecule has 0 unspecified atom stereocenters. The predicted molar refractivity (Wildman–Crippen MR) is 130 cm³/mol. The van der Waals surface area contributed by atoms with Gasteiger partial charge >= 0.3 is 24.0 Å². The van der Waals surface area contributed by atoms with Crippen LogP contribution in [0.25, 0.3) is 0 Å². The van der Waals surface area contributed by atoms with Crippen LogP contribution in [0.5, 0.6) is 0 Å². The number of nitrogens with zero attached hydrogens (tertiary/aromatic N) is 1. The summed E-state index contributed by atoms with van der Waals surface area (Å²) in [6.07, 6.45) is -1.53. The highest BCUT2D eigenvalue weighted by Crippen LogP contribution is 2.26. The molecule has 0 aliphatic heterocycles. The van der Waals surface area contributed by atoms with Gasteiger partial charge in [-0.3, -0.25) is 0 Å². The van der Waals surface area contributed by atoms with Crippen LogP contribution in [0.4, 0.5) is 4.79 Å². The topological polar surface area (TPSA) is 155 Å². The molecule has 36 heavy (non-hydrogen) atoms. The number of esters is 2. The van der Waals surface area contributed by atoms with Gasteiger partial charge in [-0.2, -0.15) is 4.73 Å². The van der Waals surface area contributed by atoms with Crippen molar-refractivity contribution in [2.24, 2.45) is 0 Å². The van der Waals surface area contributed by atoms with Crippen LogP contribution in [-0.2, 0) is 25.4 Å². The summed E-state index contributed by atoms with van der Waals surface area (Å²) in [7, 11) is 0. The molecule has 0 aliphatic rings. The molecule has 1 amide bonds. The highest BCUT2D eigenvalue weighted by Gasteiger charge is 2.37. The van der Waals surface area contributed by atoms with Crippen molar-refractivity contribution in [2.75, 3.05) is 0 Å². The number of aromatic nitrogens is 1. The molecule has 1 aromatic rings. The Labute approximate surface area is 211 Å². The van der Waals surface area contributed by atoms with Gasteiger partial charge in [0, 0.05) is 20.3 Å². The second-order valence-corrected chi connectivity index (χ2v) is 11.4. The maximum atomic E-state index is 13.2. The number of nitrogens with one attached hydrogen (secondary N) is 1. The molecular formula is C25H38N2O9. The van der Waals surface area contributed by atoms with Crippen molar-refractivity contribution in [3.63, 3.8) is 0 Å². The van der Waals surface area contributed by atoms with Crippen molar-refractivity contribution in [1.82, 2.24) is 5.32 Å². The quantitative estimate of drug-likeness (QED) is 0.253. The van der Waals surface area contributed by atoms with Crippen LogP contribution in [0, 0.1) is 19.1 Å². The Morgan fingerprint density at radius 2 is 1.17 bits per heavy atom. The molecule has 0 saturated heterocycles. The molecule has 0 aromatic carbocycles. The molecule has 0 bridgehead atoms.